The molecule has 1 aliphatic rings. The molecular weight excluding hydrogens is 162 g/mol. The summed E-state index contributed by atoms with van der Waals surface area (Å²) in [6.45, 7) is 0.475. The van der Waals surface area contributed by atoms with E-state index in [1.54, 1.807) is 0 Å². The van der Waals surface area contributed by atoms with Crippen LogP contribution in [0.25, 0.3) is 0 Å². The van der Waals surface area contributed by atoms with Gasteiger partial charge in [-0.1, -0.05) is 12.1 Å². The molecule has 0 radical (unpaired) electrons. The van der Waals surface area contributed by atoms with Crippen LogP contribution in [-0.4, -0.2) is 12.8 Å². The highest BCUT2D eigenvalue weighted by molar-refractivity contribution is 5.76. The predicted octanol–water partition coefficient (Wildman–Crippen LogP) is 0.904. The average molecular weight is 175 g/mol. The summed E-state index contributed by atoms with van der Waals surface area (Å²) >= 11 is 0. The second-order valence-electron chi connectivity index (χ2n) is 3.25. The molecule has 1 atom stereocenters. The molecule has 1 aromatic rings. The number of nitrogens with zero attached hydrogens (tertiary/aromatic N) is 1. The van der Waals surface area contributed by atoms with Gasteiger partial charge in [0.15, 0.2) is 0 Å². The van der Waals surface area contributed by atoms with Crippen LogP contribution in [0.15, 0.2) is 23.2 Å². The van der Waals surface area contributed by atoms with Gasteiger partial charge in [0.1, 0.15) is 0 Å². The van der Waals surface area contributed by atoms with Crippen molar-refractivity contribution in [3.8, 4) is 0 Å². The van der Waals surface area contributed by atoms with Crippen molar-refractivity contribution >= 4 is 11.9 Å². The van der Waals surface area contributed by atoms with E-state index >= 15 is 0 Å². The van der Waals surface area contributed by atoms with Crippen molar-refractivity contribution in [1.29, 1.82) is 0 Å². The molecule has 0 bridgehead atoms. The first kappa shape index (κ1) is 8.41. The maximum Gasteiger partial charge on any atom is 0.0664 e. The molecule has 0 fully saturated rings. The Kier molecular flexibility index (Phi) is 2.12. The van der Waals surface area contributed by atoms with Crippen LogP contribution in [-0.2, 0) is 6.42 Å². The van der Waals surface area contributed by atoms with Gasteiger partial charge in [-0.3, -0.25) is 4.99 Å². The zero-order valence-corrected chi connectivity index (χ0v) is 7.40. The third kappa shape index (κ3) is 1.48. The molecule has 0 aromatic heterocycles. The highest BCUT2D eigenvalue weighted by Gasteiger charge is 2.09. The molecule has 0 saturated carbocycles. The Labute approximate surface area is 77.5 Å². The summed E-state index contributed by atoms with van der Waals surface area (Å²) in [5.41, 5.74) is 14.7. The third-order valence-electron chi connectivity index (χ3n) is 2.33. The topological polar surface area (TPSA) is 64.4 Å². The first-order valence-corrected chi connectivity index (χ1v) is 4.42. The fraction of sp³-hybridized carbons (Fsp3) is 0.300. The first-order valence-electron chi connectivity index (χ1n) is 4.42. The Hall–Kier alpha value is -1.19. The van der Waals surface area contributed by atoms with Gasteiger partial charge in [0, 0.05) is 25.2 Å². The minimum Gasteiger partial charge on any atom is -0.329 e. The van der Waals surface area contributed by atoms with Gasteiger partial charge >= 0.3 is 0 Å². The molecule has 0 saturated heterocycles. The third-order valence-corrected chi connectivity index (χ3v) is 2.33. The fourth-order valence-electron chi connectivity index (χ4n) is 1.48. The summed E-state index contributed by atoms with van der Waals surface area (Å²) in [6.07, 6.45) is 2.86. The van der Waals surface area contributed by atoms with Gasteiger partial charge in [0.05, 0.1) is 5.69 Å². The number of hydrogen-bond donors (Lipinski definition) is 2. The monoisotopic (exact) mass is 175 g/mol. The van der Waals surface area contributed by atoms with E-state index in [4.69, 9.17) is 11.5 Å². The Morgan fingerprint density at radius 2 is 2.31 bits per heavy atom. The summed E-state index contributed by atoms with van der Waals surface area (Å²) in [7, 11) is 0. The molecule has 0 amide bonds. The van der Waals surface area contributed by atoms with Crippen molar-refractivity contribution in [1.82, 2.24) is 0 Å². The smallest absolute Gasteiger partial charge is 0.0664 e. The van der Waals surface area contributed by atoms with E-state index in [1.165, 1.54) is 5.56 Å². The Balaban J connectivity index is 2.35. The van der Waals surface area contributed by atoms with Crippen LogP contribution in [0.5, 0.6) is 0 Å². The van der Waals surface area contributed by atoms with Crippen LogP contribution in [0.2, 0.25) is 0 Å². The van der Waals surface area contributed by atoms with E-state index in [0.29, 0.717) is 6.54 Å². The van der Waals surface area contributed by atoms with Gasteiger partial charge in [0.2, 0.25) is 0 Å². The van der Waals surface area contributed by atoms with E-state index < -0.39 is 0 Å². The van der Waals surface area contributed by atoms with Crippen LogP contribution in [0.4, 0.5) is 5.69 Å². The van der Waals surface area contributed by atoms with E-state index in [0.717, 1.165) is 17.7 Å². The number of hydrogen-bond acceptors (Lipinski definition) is 3. The number of nitrogens with two attached hydrogens (primary N) is 2. The normalized spacial score (nSPS) is 15.8. The van der Waals surface area contributed by atoms with Crippen LogP contribution >= 0.6 is 0 Å². The minimum absolute atomic E-state index is 0.0684. The van der Waals surface area contributed by atoms with E-state index in [1.807, 2.05) is 18.3 Å². The largest absolute Gasteiger partial charge is 0.329 e. The number of benzene rings is 1. The predicted molar refractivity (Wildman–Crippen MR) is 54.3 cm³/mol. The van der Waals surface area contributed by atoms with Gasteiger partial charge in [-0.15, -0.1) is 0 Å². The van der Waals surface area contributed by atoms with Crippen molar-refractivity contribution in [3.63, 3.8) is 0 Å². The lowest BCUT2D eigenvalue weighted by Crippen LogP contribution is -2.20. The molecule has 68 valence electrons. The zero-order valence-electron chi connectivity index (χ0n) is 7.40. The molecule has 1 aliphatic heterocycles. The van der Waals surface area contributed by atoms with E-state index in [2.05, 4.69) is 11.1 Å². The van der Waals surface area contributed by atoms with Crippen molar-refractivity contribution in [3.05, 3.63) is 29.3 Å². The molecule has 1 unspecified atom stereocenters. The molecule has 3 heteroatoms. The second kappa shape index (κ2) is 3.28. The molecule has 13 heavy (non-hydrogen) atoms. The molecule has 2 rings (SSSR count). The molecule has 4 N–H and O–H groups in total. The SMILES string of the molecule is NCC(N)c1ccc2c(c1)N=CC2. The van der Waals surface area contributed by atoms with Crippen molar-refractivity contribution < 1.29 is 0 Å². The summed E-state index contributed by atoms with van der Waals surface area (Å²) in [4.78, 5) is 4.26. The molecule has 0 aliphatic carbocycles. The maximum absolute atomic E-state index is 5.81. The van der Waals surface area contributed by atoms with E-state index in [9.17, 15) is 0 Å². The lowest BCUT2D eigenvalue weighted by atomic mass is 10.0. The average Bonchev–Trinajstić information content (AvgIpc) is 2.63. The van der Waals surface area contributed by atoms with E-state index in [-0.39, 0.29) is 6.04 Å². The fourth-order valence-corrected chi connectivity index (χ4v) is 1.48. The molecule has 0 spiro atoms. The van der Waals surface area contributed by atoms with Crippen LogP contribution < -0.4 is 11.5 Å². The maximum atomic E-state index is 5.81. The molecule has 1 heterocycles. The highest BCUT2D eigenvalue weighted by Crippen LogP contribution is 2.26. The molecular formula is C10H13N3. The summed E-state index contributed by atoms with van der Waals surface area (Å²) in [5.74, 6) is 0. The van der Waals surface area contributed by atoms with Crippen LogP contribution in [0.1, 0.15) is 17.2 Å². The van der Waals surface area contributed by atoms with Gasteiger partial charge < -0.3 is 11.5 Å². The quantitative estimate of drug-likeness (QED) is 0.701. The lowest BCUT2D eigenvalue weighted by molar-refractivity contribution is 0.737. The summed E-state index contributed by atoms with van der Waals surface area (Å²) in [6, 6.07) is 6.07. The van der Waals surface area contributed by atoms with Gasteiger partial charge in [-0.2, -0.15) is 0 Å². The first-order chi connectivity index (χ1) is 6.31. The Morgan fingerprint density at radius 1 is 1.46 bits per heavy atom. The second-order valence-corrected chi connectivity index (χ2v) is 3.25. The number of aliphatic imine (C=N–C) groups is 1. The summed E-state index contributed by atoms with van der Waals surface area (Å²) < 4.78 is 0. The zero-order chi connectivity index (χ0) is 9.26. The van der Waals surface area contributed by atoms with Crippen LogP contribution in [0, 0.1) is 0 Å². The lowest BCUT2D eigenvalue weighted by Gasteiger charge is -2.09. The Bertz CT molecular complexity index is 344. The van der Waals surface area contributed by atoms with Crippen molar-refractivity contribution in [2.24, 2.45) is 16.5 Å². The number of fused-ring (bicyclic) bond motifs is 1. The minimum atomic E-state index is -0.0684. The van der Waals surface area contributed by atoms with Crippen LogP contribution in [0.3, 0.4) is 0 Å². The molecule has 3 nitrogen and oxygen atoms in total. The standard InChI is InChI=1S/C10H13N3/c11-6-9(12)8-2-1-7-3-4-13-10(7)5-8/h1-2,4-5,9H,3,6,11-12H2. The van der Waals surface area contributed by atoms with Crippen molar-refractivity contribution in [2.45, 2.75) is 12.5 Å². The molecule has 1 aromatic carbocycles. The van der Waals surface area contributed by atoms with Gasteiger partial charge in [-0.05, 0) is 17.2 Å². The Morgan fingerprint density at radius 3 is 3.08 bits per heavy atom. The van der Waals surface area contributed by atoms with Gasteiger partial charge in [-0.25, -0.2) is 0 Å². The van der Waals surface area contributed by atoms with Crippen molar-refractivity contribution in [2.75, 3.05) is 6.54 Å². The van der Waals surface area contributed by atoms with Gasteiger partial charge in [0.25, 0.3) is 0 Å². The highest BCUT2D eigenvalue weighted by atomic mass is 14.8. The number of rotatable bonds is 2. The summed E-state index contributed by atoms with van der Waals surface area (Å²) in [5, 5.41) is 0.